The fraction of sp³-hybridized carbons (Fsp3) is 0.227. The lowest BCUT2D eigenvalue weighted by Crippen LogP contribution is -2.32. The molecule has 0 saturated carbocycles. The van der Waals surface area contributed by atoms with Crippen molar-refractivity contribution in [3.8, 4) is 5.75 Å². The Morgan fingerprint density at radius 1 is 0.935 bits per heavy atom. The summed E-state index contributed by atoms with van der Waals surface area (Å²) in [6, 6.07) is 18.0. The van der Waals surface area contributed by atoms with Crippen molar-refractivity contribution < 1.29 is 21.6 Å². The molecule has 1 atom stereocenters. The largest absolute Gasteiger partial charge is 0.494 e. The standard InChI is InChI=1S/C22H24N2O5S2/c1-2-29-20-10-12-21(13-11-20)31(27,28)22(19-9-6-14-23-15-19)16-24-30(25,26)17-18-7-4-3-5-8-18/h3-15,22,24H,2,16-17H2,1H3. The summed E-state index contributed by atoms with van der Waals surface area (Å²) in [5.74, 6) is 0.319. The van der Waals surface area contributed by atoms with Gasteiger partial charge >= 0.3 is 0 Å². The van der Waals surface area contributed by atoms with Gasteiger partial charge in [-0.05, 0) is 48.4 Å². The molecule has 0 aliphatic rings. The molecule has 0 saturated heterocycles. The molecule has 1 unspecified atom stereocenters. The van der Waals surface area contributed by atoms with Crippen molar-refractivity contribution in [2.24, 2.45) is 0 Å². The van der Waals surface area contributed by atoms with E-state index in [2.05, 4.69) is 9.71 Å². The summed E-state index contributed by atoms with van der Waals surface area (Å²) in [5, 5.41) is -1.13. The molecule has 164 valence electrons. The van der Waals surface area contributed by atoms with Gasteiger partial charge in [0.15, 0.2) is 9.84 Å². The number of benzene rings is 2. The molecule has 1 heterocycles. The molecule has 0 amide bonds. The first-order valence-corrected chi connectivity index (χ1v) is 12.9. The van der Waals surface area contributed by atoms with E-state index in [1.165, 1.54) is 24.5 Å². The first-order valence-electron chi connectivity index (χ1n) is 9.70. The molecule has 9 heteroatoms. The molecule has 0 bridgehead atoms. The average molecular weight is 461 g/mol. The molecule has 1 N–H and O–H groups in total. The highest BCUT2D eigenvalue weighted by molar-refractivity contribution is 7.92. The molecule has 0 fully saturated rings. The van der Waals surface area contributed by atoms with Gasteiger partial charge in [0.2, 0.25) is 10.0 Å². The zero-order valence-corrected chi connectivity index (χ0v) is 18.6. The van der Waals surface area contributed by atoms with Crippen LogP contribution in [0.3, 0.4) is 0 Å². The minimum Gasteiger partial charge on any atom is -0.494 e. The normalized spacial score (nSPS) is 12.9. The van der Waals surface area contributed by atoms with Gasteiger partial charge in [-0.15, -0.1) is 0 Å². The van der Waals surface area contributed by atoms with E-state index in [4.69, 9.17) is 4.74 Å². The third-order valence-corrected chi connectivity index (χ3v) is 8.02. The van der Waals surface area contributed by atoms with E-state index in [-0.39, 0.29) is 17.2 Å². The van der Waals surface area contributed by atoms with Crippen LogP contribution >= 0.6 is 0 Å². The Kier molecular flexibility index (Phi) is 7.42. The van der Waals surface area contributed by atoms with Gasteiger partial charge in [0.1, 0.15) is 11.0 Å². The quantitative estimate of drug-likeness (QED) is 0.499. The molecule has 0 aliphatic carbocycles. The van der Waals surface area contributed by atoms with E-state index in [0.29, 0.717) is 23.5 Å². The summed E-state index contributed by atoms with van der Waals surface area (Å²) in [5.41, 5.74) is 1.01. The smallest absolute Gasteiger partial charge is 0.215 e. The van der Waals surface area contributed by atoms with Crippen LogP contribution in [0.25, 0.3) is 0 Å². The number of nitrogens with zero attached hydrogens (tertiary/aromatic N) is 1. The highest BCUT2D eigenvalue weighted by Gasteiger charge is 2.30. The summed E-state index contributed by atoms with van der Waals surface area (Å²) in [6.07, 6.45) is 2.96. The highest BCUT2D eigenvalue weighted by Crippen LogP contribution is 2.29. The Labute approximate surface area is 183 Å². The predicted molar refractivity (Wildman–Crippen MR) is 119 cm³/mol. The number of nitrogens with one attached hydrogen (secondary N) is 1. The van der Waals surface area contributed by atoms with Crippen LogP contribution in [0, 0.1) is 0 Å². The summed E-state index contributed by atoms with van der Waals surface area (Å²) >= 11 is 0. The van der Waals surface area contributed by atoms with Crippen LogP contribution in [0.15, 0.2) is 84.0 Å². The molecule has 31 heavy (non-hydrogen) atoms. The van der Waals surface area contributed by atoms with Gasteiger partial charge in [-0.1, -0.05) is 36.4 Å². The summed E-state index contributed by atoms with van der Waals surface area (Å²) in [4.78, 5) is 4.08. The van der Waals surface area contributed by atoms with Crippen molar-refractivity contribution in [1.29, 1.82) is 0 Å². The van der Waals surface area contributed by atoms with Crippen LogP contribution < -0.4 is 9.46 Å². The summed E-state index contributed by atoms with van der Waals surface area (Å²) in [6.45, 7) is 1.99. The minimum atomic E-state index is -3.90. The first kappa shape index (κ1) is 22.9. The molecule has 0 spiro atoms. The number of pyridine rings is 1. The molecular weight excluding hydrogens is 436 g/mol. The highest BCUT2D eigenvalue weighted by atomic mass is 32.2. The third kappa shape index (κ3) is 6.13. The van der Waals surface area contributed by atoms with Crippen molar-refractivity contribution in [3.05, 3.63) is 90.3 Å². The number of hydrogen-bond donors (Lipinski definition) is 1. The van der Waals surface area contributed by atoms with Crippen LogP contribution in [0.4, 0.5) is 0 Å². The molecule has 3 rings (SSSR count). The SMILES string of the molecule is CCOc1ccc(S(=O)(=O)C(CNS(=O)(=O)Cc2ccccc2)c2cccnc2)cc1. The fourth-order valence-corrected chi connectivity index (χ4v) is 5.98. The van der Waals surface area contributed by atoms with Crippen LogP contribution in [-0.4, -0.2) is 35.0 Å². The average Bonchev–Trinajstić information content (AvgIpc) is 2.75. The second-order valence-corrected chi connectivity index (χ2v) is 10.8. The maximum atomic E-state index is 13.4. The molecular formula is C22H24N2O5S2. The topological polar surface area (TPSA) is 102 Å². The Morgan fingerprint density at radius 2 is 1.65 bits per heavy atom. The lowest BCUT2D eigenvalue weighted by Gasteiger charge is -2.19. The molecule has 0 aliphatic heterocycles. The van der Waals surface area contributed by atoms with Gasteiger partial charge in [-0.25, -0.2) is 21.6 Å². The van der Waals surface area contributed by atoms with Crippen LogP contribution in [0.5, 0.6) is 5.75 Å². The van der Waals surface area contributed by atoms with Crippen molar-refractivity contribution in [1.82, 2.24) is 9.71 Å². The first-order chi connectivity index (χ1) is 14.8. The monoisotopic (exact) mass is 460 g/mol. The number of ether oxygens (including phenoxy) is 1. The van der Waals surface area contributed by atoms with E-state index in [0.717, 1.165) is 0 Å². The van der Waals surface area contributed by atoms with E-state index in [1.54, 1.807) is 54.6 Å². The molecule has 0 radical (unpaired) electrons. The van der Waals surface area contributed by atoms with Crippen molar-refractivity contribution >= 4 is 19.9 Å². The third-order valence-electron chi connectivity index (χ3n) is 4.58. The number of hydrogen-bond acceptors (Lipinski definition) is 6. The van der Waals surface area contributed by atoms with Gasteiger partial charge in [0.25, 0.3) is 0 Å². The van der Waals surface area contributed by atoms with E-state index < -0.39 is 25.1 Å². The maximum absolute atomic E-state index is 13.4. The van der Waals surface area contributed by atoms with Crippen molar-refractivity contribution in [3.63, 3.8) is 0 Å². The molecule has 7 nitrogen and oxygen atoms in total. The van der Waals surface area contributed by atoms with E-state index in [1.807, 2.05) is 6.92 Å². The van der Waals surface area contributed by atoms with Crippen LogP contribution in [-0.2, 0) is 25.6 Å². The maximum Gasteiger partial charge on any atom is 0.215 e. The van der Waals surface area contributed by atoms with Gasteiger partial charge in [-0.3, -0.25) is 4.98 Å². The van der Waals surface area contributed by atoms with E-state index >= 15 is 0 Å². The van der Waals surface area contributed by atoms with Crippen LogP contribution in [0.2, 0.25) is 0 Å². The zero-order chi connectivity index (χ0) is 22.3. The van der Waals surface area contributed by atoms with Crippen molar-refractivity contribution in [2.45, 2.75) is 22.8 Å². The van der Waals surface area contributed by atoms with Gasteiger partial charge in [-0.2, -0.15) is 0 Å². The molecule has 1 aromatic heterocycles. The number of aromatic nitrogens is 1. The predicted octanol–water partition coefficient (Wildman–Crippen LogP) is 3.11. The Balaban J connectivity index is 1.86. The minimum absolute atomic E-state index is 0.0760. The second-order valence-electron chi connectivity index (χ2n) is 6.82. The molecule has 3 aromatic rings. The summed E-state index contributed by atoms with van der Waals surface area (Å²) in [7, 11) is -7.65. The van der Waals surface area contributed by atoms with Gasteiger partial charge < -0.3 is 4.74 Å². The van der Waals surface area contributed by atoms with Gasteiger partial charge in [0.05, 0.1) is 17.3 Å². The number of sulfone groups is 1. The Hall–Kier alpha value is -2.75. The Bertz CT molecular complexity index is 1180. The number of sulfonamides is 1. The zero-order valence-electron chi connectivity index (χ0n) is 17.0. The van der Waals surface area contributed by atoms with E-state index in [9.17, 15) is 16.8 Å². The Morgan fingerprint density at radius 3 is 2.26 bits per heavy atom. The molecule has 2 aromatic carbocycles. The summed E-state index contributed by atoms with van der Waals surface area (Å²) < 4.78 is 59.7. The van der Waals surface area contributed by atoms with Crippen molar-refractivity contribution in [2.75, 3.05) is 13.2 Å². The fourth-order valence-electron chi connectivity index (χ4n) is 3.08. The lowest BCUT2D eigenvalue weighted by molar-refractivity contribution is 0.340. The lowest BCUT2D eigenvalue weighted by atomic mass is 10.2. The second kappa shape index (κ2) is 10.0. The van der Waals surface area contributed by atoms with Crippen LogP contribution in [0.1, 0.15) is 23.3 Å². The number of rotatable bonds is 10. The van der Waals surface area contributed by atoms with Gasteiger partial charge in [0, 0.05) is 18.9 Å².